The molecule has 1 atom stereocenters. The fraction of sp³-hybridized carbons (Fsp3) is 0.176. The quantitative estimate of drug-likeness (QED) is 0.557. The molecule has 0 radical (unpaired) electrons. The Morgan fingerprint density at radius 2 is 1.81 bits per heavy atom. The first-order chi connectivity index (χ1) is 12.4. The summed E-state index contributed by atoms with van der Waals surface area (Å²) in [7, 11) is 0. The summed E-state index contributed by atoms with van der Waals surface area (Å²) in [4.78, 5) is 23.7. The zero-order chi connectivity index (χ0) is 18.7. The lowest BCUT2D eigenvalue weighted by molar-refractivity contribution is -0.384. The Morgan fingerprint density at radius 3 is 2.42 bits per heavy atom. The van der Waals surface area contributed by atoms with Gasteiger partial charge < -0.3 is 5.32 Å². The molecule has 1 unspecified atom stereocenters. The maximum absolute atomic E-state index is 12.3. The van der Waals surface area contributed by atoms with Gasteiger partial charge in [-0.3, -0.25) is 14.9 Å². The molecule has 0 aliphatic carbocycles. The Morgan fingerprint density at radius 1 is 1.15 bits per heavy atom. The lowest BCUT2D eigenvalue weighted by Gasteiger charge is -2.10. The zero-order valence-corrected chi connectivity index (χ0v) is 14.2. The molecule has 0 saturated carbocycles. The average molecular weight is 352 g/mol. The second-order valence-electron chi connectivity index (χ2n) is 5.77. The molecule has 0 aliphatic heterocycles. The smallest absolute Gasteiger partial charge is 0.269 e. The minimum Gasteiger partial charge on any atom is -0.324 e. The number of aryl methyl sites for hydroxylation is 1. The zero-order valence-electron chi connectivity index (χ0n) is 14.2. The molecular formula is C17H16N6O3. The van der Waals surface area contributed by atoms with Gasteiger partial charge in [-0.05, 0) is 31.2 Å². The Balaban J connectivity index is 1.70. The first-order valence-electron chi connectivity index (χ1n) is 7.86. The summed E-state index contributed by atoms with van der Waals surface area (Å²) in [6.07, 6.45) is 0. The van der Waals surface area contributed by atoms with Gasteiger partial charge in [0.2, 0.25) is 5.82 Å². The molecule has 9 nitrogen and oxygen atoms in total. The van der Waals surface area contributed by atoms with E-state index in [4.69, 9.17) is 0 Å². The third-order valence-corrected chi connectivity index (χ3v) is 3.81. The number of anilines is 1. The van der Waals surface area contributed by atoms with Gasteiger partial charge in [0.05, 0.1) is 4.92 Å². The van der Waals surface area contributed by atoms with Gasteiger partial charge in [0.15, 0.2) is 0 Å². The number of benzene rings is 2. The number of amides is 1. The Hall–Kier alpha value is -3.62. The van der Waals surface area contributed by atoms with Crippen LogP contribution in [0, 0.1) is 17.0 Å². The third-order valence-electron chi connectivity index (χ3n) is 3.81. The lowest BCUT2D eigenvalue weighted by Crippen LogP contribution is -2.25. The van der Waals surface area contributed by atoms with Crippen LogP contribution in [0.5, 0.6) is 0 Å². The molecule has 3 aromatic rings. The van der Waals surface area contributed by atoms with Crippen molar-refractivity contribution in [3.05, 3.63) is 64.2 Å². The number of tetrazole rings is 1. The number of non-ortho nitro benzene ring substituents is 1. The predicted molar refractivity (Wildman–Crippen MR) is 94.4 cm³/mol. The second kappa shape index (κ2) is 7.09. The van der Waals surface area contributed by atoms with E-state index >= 15 is 0 Å². The molecule has 1 amide bonds. The second-order valence-corrected chi connectivity index (χ2v) is 5.77. The van der Waals surface area contributed by atoms with Gasteiger partial charge in [-0.15, -0.1) is 10.2 Å². The van der Waals surface area contributed by atoms with Crippen molar-refractivity contribution in [3.63, 3.8) is 0 Å². The van der Waals surface area contributed by atoms with Crippen LogP contribution < -0.4 is 5.32 Å². The summed E-state index contributed by atoms with van der Waals surface area (Å²) < 4.78 is 0. The van der Waals surface area contributed by atoms with Crippen LogP contribution in [0.1, 0.15) is 18.5 Å². The minimum atomic E-state index is -0.697. The number of nitro groups is 1. The molecule has 1 aromatic heterocycles. The number of carbonyl (C=O) groups is 1. The summed E-state index contributed by atoms with van der Waals surface area (Å²) in [5.74, 6) is 0.0756. The van der Waals surface area contributed by atoms with Gasteiger partial charge in [-0.2, -0.15) is 4.80 Å². The van der Waals surface area contributed by atoms with Crippen molar-refractivity contribution in [3.8, 4) is 11.4 Å². The monoisotopic (exact) mass is 352 g/mol. The van der Waals surface area contributed by atoms with Crippen LogP contribution >= 0.6 is 0 Å². The van der Waals surface area contributed by atoms with Crippen molar-refractivity contribution in [1.82, 2.24) is 20.2 Å². The Labute approximate surface area is 148 Å². The number of hydrogen-bond donors (Lipinski definition) is 1. The maximum atomic E-state index is 12.3. The first-order valence-corrected chi connectivity index (χ1v) is 7.86. The highest BCUT2D eigenvalue weighted by molar-refractivity contribution is 5.93. The van der Waals surface area contributed by atoms with E-state index < -0.39 is 11.0 Å². The lowest BCUT2D eigenvalue weighted by atomic mass is 10.1. The van der Waals surface area contributed by atoms with Gasteiger partial charge in [-0.25, -0.2) is 0 Å². The largest absolute Gasteiger partial charge is 0.324 e. The van der Waals surface area contributed by atoms with Crippen molar-refractivity contribution >= 4 is 17.3 Å². The van der Waals surface area contributed by atoms with Gasteiger partial charge in [-0.1, -0.05) is 29.8 Å². The molecule has 9 heteroatoms. The molecule has 0 aliphatic rings. The van der Waals surface area contributed by atoms with E-state index in [1.165, 1.54) is 29.1 Å². The fourth-order valence-electron chi connectivity index (χ4n) is 2.23. The normalized spacial score (nSPS) is 11.8. The minimum absolute atomic E-state index is 0.0447. The van der Waals surface area contributed by atoms with E-state index in [0.717, 1.165) is 11.1 Å². The van der Waals surface area contributed by atoms with Crippen LogP contribution in [-0.4, -0.2) is 31.0 Å². The van der Waals surface area contributed by atoms with E-state index in [-0.39, 0.29) is 11.6 Å². The molecule has 0 bridgehead atoms. The summed E-state index contributed by atoms with van der Waals surface area (Å²) >= 11 is 0. The number of aromatic nitrogens is 4. The number of nitrogens with one attached hydrogen (secondary N) is 1. The van der Waals surface area contributed by atoms with Crippen LogP contribution in [0.2, 0.25) is 0 Å². The molecule has 0 fully saturated rings. The average Bonchev–Trinajstić information content (AvgIpc) is 3.12. The Bertz CT molecular complexity index is 934. The SMILES string of the molecule is Cc1ccc(-c2nnn(C(C)C(=O)Nc3ccc([N+](=O)[O-])cc3)n2)cc1. The molecule has 26 heavy (non-hydrogen) atoms. The maximum Gasteiger partial charge on any atom is 0.269 e. The van der Waals surface area contributed by atoms with E-state index in [1.807, 2.05) is 31.2 Å². The molecule has 1 N–H and O–H groups in total. The van der Waals surface area contributed by atoms with E-state index in [1.54, 1.807) is 6.92 Å². The van der Waals surface area contributed by atoms with Crippen LogP contribution in [-0.2, 0) is 4.79 Å². The fourth-order valence-corrected chi connectivity index (χ4v) is 2.23. The highest BCUT2D eigenvalue weighted by atomic mass is 16.6. The highest BCUT2D eigenvalue weighted by Gasteiger charge is 2.19. The Kier molecular flexibility index (Phi) is 4.70. The van der Waals surface area contributed by atoms with Crippen molar-refractivity contribution in [2.75, 3.05) is 5.32 Å². The molecule has 0 spiro atoms. The number of rotatable bonds is 5. The molecule has 3 rings (SSSR count). The van der Waals surface area contributed by atoms with Gasteiger partial charge in [0, 0.05) is 23.4 Å². The van der Waals surface area contributed by atoms with Gasteiger partial charge >= 0.3 is 0 Å². The predicted octanol–water partition coefficient (Wildman–Crippen LogP) is 2.76. The number of carbonyl (C=O) groups excluding carboxylic acids is 1. The first kappa shape index (κ1) is 17.2. The number of nitrogens with zero attached hydrogens (tertiary/aromatic N) is 5. The summed E-state index contributed by atoms with van der Waals surface area (Å²) in [5, 5.41) is 25.5. The van der Waals surface area contributed by atoms with Crippen LogP contribution in [0.3, 0.4) is 0 Å². The molecular weight excluding hydrogens is 336 g/mol. The van der Waals surface area contributed by atoms with Crippen LogP contribution in [0.4, 0.5) is 11.4 Å². The number of hydrogen-bond acceptors (Lipinski definition) is 6. The van der Waals surface area contributed by atoms with Crippen molar-refractivity contribution < 1.29 is 9.72 Å². The molecule has 0 saturated heterocycles. The topological polar surface area (TPSA) is 116 Å². The molecule has 2 aromatic carbocycles. The van der Waals surface area contributed by atoms with E-state index in [9.17, 15) is 14.9 Å². The van der Waals surface area contributed by atoms with Crippen molar-refractivity contribution in [2.24, 2.45) is 0 Å². The summed E-state index contributed by atoms with van der Waals surface area (Å²) in [6.45, 7) is 3.62. The number of nitro benzene ring substituents is 1. The van der Waals surface area contributed by atoms with Crippen molar-refractivity contribution in [2.45, 2.75) is 19.9 Å². The summed E-state index contributed by atoms with van der Waals surface area (Å²) in [5.41, 5.74) is 2.34. The summed E-state index contributed by atoms with van der Waals surface area (Å²) in [6, 6.07) is 12.5. The standard InChI is InChI=1S/C17H16N6O3/c1-11-3-5-13(6-4-11)16-19-21-22(20-16)12(2)17(24)18-14-7-9-15(10-8-14)23(25)26/h3-10,12H,1-2H3,(H,18,24). The van der Waals surface area contributed by atoms with E-state index in [2.05, 4.69) is 20.7 Å². The third kappa shape index (κ3) is 3.72. The van der Waals surface area contributed by atoms with Gasteiger partial charge in [0.25, 0.3) is 11.6 Å². The van der Waals surface area contributed by atoms with E-state index in [0.29, 0.717) is 11.5 Å². The van der Waals surface area contributed by atoms with Gasteiger partial charge in [0.1, 0.15) is 6.04 Å². The molecule has 1 heterocycles. The van der Waals surface area contributed by atoms with Crippen LogP contribution in [0.25, 0.3) is 11.4 Å². The molecule has 132 valence electrons. The van der Waals surface area contributed by atoms with Crippen molar-refractivity contribution in [1.29, 1.82) is 0 Å². The highest BCUT2D eigenvalue weighted by Crippen LogP contribution is 2.18. The van der Waals surface area contributed by atoms with Crippen LogP contribution in [0.15, 0.2) is 48.5 Å².